The first-order valence-corrected chi connectivity index (χ1v) is 9.05. The molecule has 7 heteroatoms. The number of Topliss-reactive ketones (excluding diaryl/α,β-unsaturated/α-hetero) is 1. The molecule has 0 radical (unpaired) electrons. The van der Waals surface area contributed by atoms with Crippen molar-refractivity contribution in [2.45, 2.75) is 19.8 Å². The molecule has 142 valence electrons. The predicted octanol–water partition coefficient (Wildman–Crippen LogP) is 2.11. The van der Waals surface area contributed by atoms with Gasteiger partial charge in [0.25, 0.3) is 0 Å². The Bertz CT molecular complexity index is 802. The summed E-state index contributed by atoms with van der Waals surface area (Å²) in [5, 5.41) is 0. The lowest BCUT2D eigenvalue weighted by Crippen LogP contribution is -2.49. The molecule has 2 aromatic rings. The molecule has 1 amide bonds. The molecule has 1 fully saturated rings. The average molecular weight is 368 g/mol. The Morgan fingerprint density at radius 1 is 1.11 bits per heavy atom. The summed E-state index contributed by atoms with van der Waals surface area (Å²) in [6, 6.07) is 5.50. The second kappa shape index (κ2) is 8.62. The third-order valence-corrected chi connectivity index (χ3v) is 4.73. The topological polar surface area (TPSA) is 75.6 Å². The van der Waals surface area contributed by atoms with Crippen LogP contribution in [0, 0.1) is 6.92 Å². The molecule has 1 aromatic carbocycles. The minimum atomic E-state index is -0.0675. The summed E-state index contributed by atoms with van der Waals surface area (Å²) in [7, 11) is 1.54. The van der Waals surface area contributed by atoms with E-state index in [-0.39, 0.29) is 24.5 Å². The summed E-state index contributed by atoms with van der Waals surface area (Å²) in [4.78, 5) is 37.3. The minimum absolute atomic E-state index is 0.00812. The highest BCUT2D eigenvalue weighted by atomic mass is 16.5. The number of rotatable bonds is 6. The van der Waals surface area contributed by atoms with E-state index in [0.29, 0.717) is 37.5 Å². The Hall–Kier alpha value is -2.96. The number of carbonyl (C=O) groups is 2. The van der Waals surface area contributed by atoms with Crippen molar-refractivity contribution < 1.29 is 14.3 Å². The van der Waals surface area contributed by atoms with Crippen LogP contribution < -0.4 is 9.64 Å². The van der Waals surface area contributed by atoms with E-state index in [4.69, 9.17) is 4.74 Å². The number of piperazine rings is 1. The van der Waals surface area contributed by atoms with Gasteiger partial charge in [0, 0.05) is 51.4 Å². The van der Waals surface area contributed by atoms with Gasteiger partial charge in [-0.1, -0.05) is 11.6 Å². The van der Waals surface area contributed by atoms with Gasteiger partial charge in [-0.15, -0.1) is 0 Å². The Morgan fingerprint density at radius 2 is 1.89 bits per heavy atom. The van der Waals surface area contributed by atoms with Crippen LogP contribution in [0.1, 0.15) is 28.8 Å². The first kappa shape index (κ1) is 18.8. The number of ketones is 1. The lowest BCUT2D eigenvalue weighted by molar-refractivity contribution is -0.131. The fourth-order valence-electron chi connectivity index (χ4n) is 3.19. The summed E-state index contributed by atoms with van der Waals surface area (Å²) in [5.74, 6) is 1.32. The monoisotopic (exact) mass is 368 g/mol. The normalized spacial score (nSPS) is 14.1. The maximum absolute atomic E-state index is 12.5. The molecule has 1 aromatic heterocycles. The molecular weight excluding hydrogens is 344 g/mol. The number of ether oxygens (including phenoxy) is 1. The number of hydrogen-bond donors (Lipinski definition) is 0. The second-order valence-corrected chi connectivity index (χ2v) is 6.56. The molecule has 3 rings (SSSR count). The van der Waals surface area contributed by atoms with Gasteiger partial charge in [-0.2, -0.15) is 0 Å². The number of benzene rings is 1. The zero-order valence-corrected chi connectivity index (χ0v) is 15.7. The molecule has 1 aliphatic rings. The lowest BCUT2D eigenvalue weighted by atomic mass is 10.0. The van der Waals surface area contributed by atoms with Crippen LogP contribution in [0.2, 0.25) is 0 Å². The zero-order chi connectivity index (χ0) is 19.2. The SMILES string of the molecule is COc1ccc(C)cc1C(=O)CCC(=O)N1CCN(c2cnccn2)CC1. The van der Waals surface area contributed by atoms with E-state index in [2.05, 4.69) is 14.9 Å². The first-order valence-electron chi connectivity index (χ1n) is 9.05. The molecule has 27 heavy (non-hydrogen) atoms. The number of aromatic nitrogens is 2. The number of anilines is 1. The third kappa shape index (κ3) is 4.61. The summed E-state index contributed by atoms with van der Waals surface area (Å²) in [5.41, 5.74) is 1.53. The van der Waals surface area contributed by atoms with Crippen molar-refractivity contribution in [3.63, 3.8) is 0 Å². The van der Waals surface area contributed by atoms with E-state index in [1.807, 2.05) is 24.0 Å². The molecule has 1 saturated heterocycles. The van der Waals surface area contributed by atoms with Gasteiger partial charge in [0.15, 0.2) is 5.78 Å². The van der Waals surface area contributed by atoms with Gasteiger partial charge >= 0.3 is 0 Å². The fourth-order valence-corrected chi connectivity index (χ4v) is 3.19. The summed E-state index contributed by atoms with van der Waals surface area (Å²) < 4.78 is 5.27. The number of carbonyl (C=O) groups excluding carboxylic acids is 2. The van der Waals surface area contributed by atoms with Gasteiger partial charge in [0.05, 0.1) is 18.9 Å². The van der Waals surface area contributed by atoms with Gasteiger partial charge in [0.1, 0.15) is 11.6 Å². The maximum Gasteiger partial charge on any atom is 0.223 e. The molecule has 0 saturated carbocycles. The minimum Gasteiger partial charge on any atom is -0.496 e. The van der Waals surface area contributed by atoms with E-state index in [0.717, 1.165) is 11.4 Å². The van der Waals surface area contributed by atoms with Crippen LogP contribution >= 0.6 is 0 Å². The first-order chi connectivity index (χ1) is 13.1. The highest BCUT2D eigenvalue weighted by Crippen LogP contribution is 2.22. The summed E-state index contributed by atoms with van der Waals surface area (Å²) >= 11 is 0. The van der Waals surface area contributed by atoms with Crippen molar-refractivity contribution in [3.05, 3.63) is 47.9 Å². The van der Waals surface area contributed by atoms with E-state index in [1.54, 1.807) is 31.8 Å². The molecule has 1 aliphatic heterocycles. The standard InChI is InChI=1S/C20H24N4O3/c1-15-3-5-18(27-2)16(13-15)17(25)4-6-20(26)24-11-9-23(10-12-24)19-14-21-7-8-22-19/h3,5,7-8,13-14H,4,6,9-12H2,1-2H3. The molecule has 0 N–H and O–H groups in total. The largest absolute Gasteiger partial charge is 0.496 e. The molecule has 0 unspecified atom stereocenters. The molecule has 7 nitrogen and oxygen atoms in total. The third-order valence-electron chi connectivity index (χ3n) is 4.73. The van der Waals surface area contributed by atoms with E-state index < -0.39 is 0 Å². The molecule has 2 heterocycles. The number of nitrogens with zero attached hydrogens (tertiary/aromatic N) is 4. The Morgan fingerprint density at radius 3 is 2.56 bits per heavy atom. The van der Waals surface area contributed by atoms with Crippen molar-refractivity contribution in [2.24, 2.45) is 0 Å². The van der Waals surface area contributed by atoms with Gasteiger partial charge in [-0.05, 0) is 19.1 Å². The van der Waals surface area contributed by atoms with Gasteiger partial charge < -0.3 is 14.5 Å². The van der Waals surface area contributed by atoms with Crippen LogP contribution in [0.25, 0.3) is 0 Å². The van der Waals surface area contributed by atoms with Crippen LogP contribution in [-0.4, -0.2) is 59.8 Å². The zero-order valence-electron chi connectivity index (χ0n) is 15.7. The van der Waals surface area contributed by atoms with Crippen molar-refractivity contribution in [1.29, 1.82) is 0 Å². The molecule has 0 spiro atoms. The predicted molar refractivity (Wildman–Crippen MR) is 102 cm³/mol. The van der Waals surface area contributed by atoms with E-state index >= 15 is 0 Å². The van der Waals surface area contributed by atoms with Crippen LogP contribution in [0.15, 0.2) is 36.8 Å². The maximum atomic E-state index is 12.5. The number of aryl methyl sites for hydroxylation is 1. The van der Waals surface area contributed by atoms with Crippen LogP contribution in [-0.2, 0) is 4.79 Å². The Kier molecular flexibility index (Phi) is 6.01. The number of hydrogen-bond acceptors (Lipinski definition) is 6. The number of amides is 1. The summed E-state index contributed by atoms with van der Waals surface area (Å²) in [6.07, 6.45) is 5.43. The second-order valence-electron chi connectivity index (χ2n) is 6.56. The molecule has 0 atom stereocenters. The van der Waals surface area contributed by atoms with Crippen molar-refractivity contribution in [3.8, 4) is 5.75 Å². The highest BCUT2D eigenvalue weighted by molar-refractivity contribution is 6.00. The fraction of sp³-hybridized carbons (Fsp3) is 0.400. The van der Waals surface area contributed by atoms with Gasteiger partial charge in [-0.3, -0.25) is 14.6 Å². The molecule has 0 aliphatic carbocycles. The van der Waals surface area contributed by atoms with Crippen molar-refractivity contribution >= 4 is 17.5 Å². The quantitative estimate of drug-likeness (QED) is 0.727. The smallest absolute Gasteiger partial charge is 0.223 e. The van der Waals surface area contributed by atoms with E-state index in [9.17, 15) is 9.59 Å². The number of methoxy groups -OCH3 is 1. The van der Waals surface area contributed by atoms with Crippen molar-refractivity contribution in [2.75, 3.05) is 38.2 Å². The molecular formula is C20H24N4O3. The van der Waals surface area contributed by atoms with Crippen LogP contribution in [0.3, 0.4) is 0 Å². The van der Waals surface area contributed by atoms with Crippen LogP contribution in [0.4, 0.5) is 5.82 Å². The average Bonchev–Trinajstić information content (AvgIpc) is 2.72. The summed E-state index contributed by atoms with van der Waals surface area (Å²) in [6.45, 7) is 4.60. The van der Waals surface area contributed by atoms with E-state index in [1.165, 1.54) is 0 Å². The Balaban J connectivity index is 1.52. The highest BCUT2D eigenvalue weighted by Gasteiger charge is 2.23. The van der Waals surface area contributed by atoms with Crippen molar-refractivity contribution in [1.82, 2.24) is 14.9 Å². The molecule has 0 bridgehead atoms. The Labute approximate surface area is 159 Å². The van der Waals surface area contributed by atoms with Gasteiger partial charge in [0.2, 0.25) is 5.91 Å². The lowest BCUT2D eigenvalue weighted by Gasteiger charge is -2.35. The van der Waals surface area contributed by atoms with Gasteiger partial charge in [-0.25, -0.2) is 4.98 Å². The van der Waals surface area contributed by atoms with Crippen LogP contribution in [0.5, 0.6) is 5.75 Å².